The van der Waals surface area contributed by atoms with Crippen LogP contribution >= 0.6 is 23.2 Å². The molecule has 6 nitrogen and oxygen atoms in total. The minimum Gasteiger partial charge on any atom is -0.334 e. The van der Waals surface area contributed by atoms with E-state index in [1.54, 1.807) is 22.9 Å². The van der Waals surface area contributed by atoms with Crippen molar-refractivity contribution in [3.05, 3.63) is 45.7 Å². The predicted molar refractivity (Wildman–Crippen MR) is 104 cm³/mol. The number of halogens is 2. The van der Waals surface area contributed by atoms with E-state index < -0.39 is 0 Å². The third-order valence-electron chi connectivity index (χ3n) is 3.94. The summed E-state index contributed by atoms with van der Waals surface area (Å²) in [5, 5.41) is 7.71. The second-order valence-corrected chi connectivity index (χ2v) is 6.77. The number of carbonyl (C=O) groups excluding carboxylic acids is 2. The summed E-state index contributed by atoms with van der Waals surface area (Å²) in [7, 11) is 0. The highest BCUT2D eigenvalue weighted by Gasteiger charge is 2.17. The molecule has 2 amide bonds. The maximum Gasteiger partial charge on any atom is 0.244 e. The molecule has 0 bridgehead atoms. The van der Waals surface area contributed by atoms with Gasteiger partial charge < -0.3 is 10.2 Å². The number of nitrogens with zero attached hydrogens (tertiary/aromatic N) is 3. The summed E-state index contributed by atoms with van der Waals surface area (Å²) in [5.74, 6) is -0.457. The summed E-state index contributed by atoms with van der Waals surface area (Å²) >= 11 is 12.1. The lowest BCUT2D eigenvalue weighted by atomic mass is 10.3. The van der Waals surface area contributed by atoms with Crippen molar-refractivity contribution in [1.82, 2.24) is 14.7 Å². The first-order valence-corrected chi connectivity index (χ1v) is 9.10. The van der Waals surface area contributed by atoms with E-state index in [0.29, 0.717) is 28.8 Å². The fourth-order valence-corrected chi connectivity index (χ4v) is 3.10. The Morgan fingerprint density at radius 1 is 1.23 bits per heavy atom. The molecular weight excluding hydrogens is 375 g/mol. The Balaban J connectivity index is 1.94. The van der Waals surface area contributed by atoms with Gasteiger partial charge in [-0.15, -0.1) is 0 Å². The number of hydrogen-bond donors (Lipinski definition) is 1. The molecule has 0 aliphatic rings. The highest BCUT2D eigenvalue weighted by atomic mass is 35.5. The zero-order valence-corrected chi connectivity index (χ0v) is 16.6. The number of hydrogen-bond acceptors (Lipinski definition) is 3. The van der Waals surface area contributed by atoms with Crippen molar-refractivity contribution < 1.29 is 9.59 Å². The maximum atomic E-state index is 12.4. The quantitative estimate of drug-likeness (QED) is 0.775. The molecule has 0 aliphatic heterocycles. The molecule has 0 saturated carbocycles. The molecule has 1 heterocycles. The highest BCUT2D eigenvalue weighted by Crippen LogP contribution is 2.29. The molecule has 2 rings (SSSR count). The number of carbonyl (C=O) groups is 2. The zero-order valence-electron chi connectivity index (χ0n) is 15.1. The minimum absolute atomic E-state index is 0.0615. The van der Waals surface area contributed by atoms with E-state index in [0.717, 1.165) is 11.4 Å². The van der Waals surface area contributed by atoms with Gasteiger partial charge in [0.25, 0.3) is 0 Å². The van der Waals surface area contributed by atoms with E-state index >= 15 is 0 Å². The zero-order chi connectivity index (χ0) is 19.3. The van der Waals surface area contributed by atoms with E-state index in [1.165, 1.54) is 4.90 Å². The van der Waals surface area contributed by atoms with Gasteiger partial charge in [-0.3, -0.25) is 14.3 Å². The van der Waals surface area contributed by atoms with E-state index in [9.17, 15) is 9.59 Å². The minimum atomic E-state index is -0.346. The largest absolute Gasteiger partial charge is 0.334 e. The fraction of sp³-hybridized carbons (Fsp3) is 0.389. The van der Waals surface area contributed by atoms with Crippen LogP contribution in [0.3, 0.4) is 0 Å². The van der Waals surface area contributed by atoms with Crippen molar-refractivity contribution >= 4 is 40.7 Å². The first-order chi connectivity index (χ1) is 12.3. The average Bonchev–Trinajstić information content (AvgIpc) is 2.91. The monoisotopic (exact) mass is 396 g/mol. The van der Waals surface area contributed by atoms with Crippen LogP contribution in [0.2, 0.25) is 10.0 Å². The van der Waals surface area contributed by atoms with Crippen LogP contribution in [-0.2, 0) is 16.1 Å². The Bertz CT molecular complexity index is 784. The van der Waals surface area contributed by atoms with Gasteiger partial charge in [0, 0.05) is 25.2 Å². The molecule has 8 heteroatoms. The smallest absolute Gasteiger partial charge is 0.244 e. The predicted octanol–water partition coefficient (Wildman–Crippen LogP) is 3.68. The summed E-state index contributed by atoms with van der Waals surface area (Å²) < 4.78 is 1.80. The van der Waals surface area contributed by atoms with Crippen molar-refractivity contribution in [2.24, 2.45) is 0 Å². The van der Waals surface area contributed by atoms with Crippen LogP contribution in [0.25, 0.3) is 0 Å². The van der Waals surface area contributed by atoms with E-state index in [2.05, 4.69) is 10.4 Å². The van der Waals surface area contributed by atoms with Crippen LogP contribution in [0.15, 0.2) is 24.3 Å². The van der Waals surface area contributed by atoms with Gasteiger partial charge in [0.05, 0.1) is 28.0 Å². The summed E-state index contributed by atoms with van der Waals surface area (Å²) in [5.41, 5.74) is 2.27. The summed E-state index contributed by atoms with van der Waals surface area (Å²) in [6.45, 7) is 6.54. The Kier molecular flexibility index (Phi) is 7.06. The molecule has 0 fully saturated rings. The van der Waals surface area contributed by atoms with Gasteiger partial charge in [-0.2, -0.15) is 5.10 Å². The molecule has 0 atom stereocenters. The second kappa shape index (κ2) is 9.05. The van der Waals surface area contributed by atoms with Gasteiger partial charge in [-0.1, -0.05) is 29.3 Å². The summed E-state index contributed by atoms with van der Waals surface area (Å²) in [6, 6.07) is 6.93. The lowest BCUT2D eigenvalue weighted by Crippen LogP contribution is -2.38. The fourth-order valence-electron chi connectivity index (χ4n) is 2.61. The lowest BCUT2D eigenvalue weighted by Gasteiger charge is -2.21. The van der Waals surface area contributed by atoms with Gasteiger partial charge in [0.15, 0.2) is 0 Å². The Morgan fingerprint density at radius 3 is 2.42 bits per heavy atom. The number of benzene rings is 1. The first-order valence-electron chi connectivity index (χ1n) is 8.34. The van der Waals surface area contributed by atoms with Gasteiger partial charge in [-0.25, -0.2) is 0 Å². The SMILES string of the molecule is CCN(CC(=O)Nc1c(Cl)cccc1Cl)C(=O)CCn1nc(C)cc1C. The molecule has 1 N–H and O–H groups in total. The third kappa shape index (κ3) is 5.22. The van der Waals surface area contributed by atoms with Crippen LogP contribution < -0.4 is 5.32 Å². The second-order valence-electron chi connectivity index (χ2n) is 5.95. The molecule has 26 heavy (non-hydrogen) atoms. The number of nitrogens with one attached hydrogen (secondary N) is 1. The number of aryl methyl sites for hydroxylation is 3. The first kappa shape index (κ1) is 20.3. The normalized spacial score (nSPS) is 10.7. The van der Waals surface area contributed by atoms with Crippen LogP contribution in [0.5, 0.6) is 0 Å². The molecule has 1 aromatic heterocycles. The topological polar surface area (TPSA) is 67.2 Å². The molecule has 0 radical (unpaired) electrons. The lowest BCUT2D eigenvalue weighted by molar-refractivity contribution is -0.134. The van der Waals surface area contributed by atoms with Crippen LogP contribution in [-0.4, -0.2) is 39.6 Å². The number of para-hydroxylation sites is 1. The van der Waals surface area contributed by atoms with Crippen molar-refractivity contribution in [3.63, 3.8) is 0 Å². The van der Waals surface area contributed by atoms with Crippen LogP contribution in [0.4, 0.5) is 5.69 Å². The summed E-state index contributed by atoms with van der Waals surface area (Å²) in [4.78, 5) is 26.2. The van der Waals surface area contributed by atoms with E-state index in [1.807, 2.05) is 26.8 Å². The number of aromatic nitrogens is 2. The molecule has 140 valence electrons. The number of rotatable bonds is 7. The highest BCUT2D eigenvalue weighted by molar-refractivity contribution is 6.39. The van der Waals surface area contributed by atoms with Gasteiger partial charge >= 0.3 is 0 Å². The van der Waals surface area contributed by atoms with Crippen molar-refractivity contribution in [1.29, 1.82) is 0 Å². The van der Waals surface area contributed by atoms with E-state index in [-0.39, 0.29) is 24.8 Å². The summed E-state index contributed by atoms with van der Waals surface area (Å²) in [6.07, 6.45) is 0.274. The Morgan fingerprint density at radius 2 is 1.88 bits per heavy atom. The van der Waals surface area contributed by atoms with Gasteiger partial charge in [0.1, 0.15) is 0 Å². The Labute approximate surface area is 163 Å². The molecule has 0 unspecified atom stereocenters. The average molecular weight is 397 g/mol. The molecule has 0 aliphatic carbocycles. The Hall–Kier alpha value is -2.05. The third-order valence-corrected chi connectivity index (χ3v) is 4.57. The standard InChI is InChI=1S/C18H22Cl2N4O2/c1-4-23(17(26)8-9-24-13(3)10-12(2)22-24)11-16(25)21-18-14(19)6-5-7-15(18)20/h5-7,10H,4,8-9,11H2,1-3H3,(H,21,25). The maximum absolute atomic E-state index is 12.4. The molecule has 1 aromatic carbocycles. The number of anilines is 1. The number of likely N-dealkylation sites (N-methyl/N-ethyl adjacent to an activating group) is 1. The van der Waals surface area contributed by atoms with Crippen molar-refractivity contribution in [2.45, 2.75) is 33.7 Å². The van der Waals surface area contributed by atoms with Crippen LogP contribution in [0, 0.1) is 13.8 Å². The van der Waals surface area contributed by atoms with Crippen molar-refractivity contribution in [2.75, 3.05) is 18.4 Å². The van der Waals surface area contributed by atoms with Gasteiger partial charge in [0.2, 0.25) is 11.8 Å². The van der Waals surface area contributed by atoms with E-state index in [4.69, 9.17) is 23.2 Å². The molecule has 2 aromatic rings. The molecule has 0 spiro atoms. The van der Waals surface area contributed by atoms with Crippen molar-refractivity contribution in [3.8, 4) is 0 Å². The molecular formula is C18H22Cl2N4O2. The van der Waals surface area contributed by atoms with Crippen LogP contribution in [0.1, 0.15) is 24.7 Å². The molecule has 0 saturated heterocycles. The van der Waals surface area contributed by atoms with Gasteiger partial charge in [-0.05, 0) is 39.0 Å². The number of amides is 2.